The highest BCUT2D eigenvalue weighted by molar-refractivity contribution is 5.64. The Kier molecular flexibility index (Phi) is 13.0. The van der Waals surface area contributed by atoms with Gasteiger partial charge in [-0.3, -0.25) is 0 Å². The average Bonchev–Trinajstić information content (AvgIpc) is 3.09. The van der Waals surface area contributed by atoms with Gasteiger partial charge in [0.1, 0.15) is 22.9 Å². The lowest BCUT2D eigenvalue weighted by atomic mass is 9.78. The third-order valence-electron chi connectivity index (χ3n) is 9.47. The van der Waals surface area contributed by atoms with Gasteiger partial charge in [-0.05, 0) is 66.8 Å². The Bertz CT molecular complexity index is 1600. The first-order valence-electron chi connectivity index (χ1n) is 17.1. The summed E-state index contributed by atoms with van der Waals surface area (Å²) >= 11 is 0. The number of ether oxygens (including phenoxy) is 4. The van der Waals surface area contributed by atoms with Crippen LogP contribution in [-0.4, -0.2) is 19.5 Å². The molecule has 1 saturated heterocycles. The van der Waals surface area contributed by atoms with Crippen LogP contribution in [0.25, 0.3) is 11.1 Å². The molecule has 0 spiro atoms. The van der Waals surface area contributed by atoms with Crippen LogP contribution in [0.15, 0.2) is 60.6 Å². The molecule has 1 heterocycles. The highest BCUT2D eigenvalue weighted by atomic mass is 19.3. The minimum Gasteiger partial charge on any atom is -0.429 e. The predicted molar refractivity (Wildman–Crippen MR) is 171 cm³/mol. The van der Waals surface area contributed by atoms with Crippen LogP contribution in [0.1, 0.15) is 88.2 Å². The van der Waals surface area contributed by atoms with Gasteiger partial charge in [0.05, 0.1) is 13.2 Å². The molecule has 4 nitrogen and oxygen atoms in total. The summed E-state index contributed by atoms with van der Waals surface area (Å²) in [7, 11) is 0. The minimum atomic E-state index is -4.78. The number of alkyl halides is 2. The summed E-state index contributed by atoms with van der Waals surface area (Å²) in [6.45, 7) is 3.66. The van der Waals surface area contributed by atoms with E-state index in [4.69, 9.17) is 9.47 Å². The van der Waals surface area contributed by atoms with Gasteiger partial charge in [0.15, 0.2) is 17.9 Å². The second-order valence-corrected chi connectivity index (χ2v) is 13.1. The SMILES string of the molecule is CCCCCCCC1COC(C2CCC(c3ccc(-c4cc(F)c(C(F)(F)Oc5cc(F)c(OC(F)=C(F)F)c(F)c5)c(F)c4)cc3)CC2)OC1. The molecule has 1 aliphatic carbocycles. The summed E-state index contributed by atoms with van der Waals surface area (Å²) in [5, 5.41) is 0. The van der Waals surface area contributed by atoms with Crippen molar-refractivity contribution < 1.29 is 58.5 Å². The Morgan fingerprint density at radius 2 is 1.33 bits per heavy atom. The Morgan fingerprint density at radius 1 is 0.745 bits per heavy atom. The van der Waals surface area contributed by atoms with E-state index in [1.54, 1.807) is 12.1 Å². The lowest BCUT2D eigenvalue weighted by molar-refractivity contribution is -0.229. The van der Waals surface area contributed by atoms with Crippen molar-refractivity contribution in [1.82, 2.24) is 0 Å². The van der Waals surface area contributed by atoms with E-state index in [1.165, 1.54) is 32.1 Å². The van der Waals surface area contributed by atoms with E-state index in [0.29, 0.717) is 29.5 Å². The standard InChI is InChI=1S/C38H39F9O4/c1-2-3-4-5-6-7-22-20-48-37(49-21-22)26-14-12-24(13-15-26)23-8-10-25(11-9-23)27-16-29(39)33(30(40)17-27)38(46,47)51-28-18-31(41)34(32(42)19-28)50-36(45)35(43)44/h8-11,16-19,22,24,26,37H,2-7,12-15,20-21H2,1H3. The maximum atomic E-state index is 15.0. The smallest absolute Gasteiger partial charge is 0.429 e. The molecule has 0 atom stereocenters. The molecule has 5 rings (SSSR count). The lowest BCUT2D eigenvalue weighted by Crippen LogP contribution is -2.38. The molecule has 2 aliphatic rings. The quantitative estimate of drug-likeness (QED) is 0.0940. The van der Waals surface area contributed by atoms with E-state index in [0.717, 1.165) is 50.9 Å². The van der Waals surface area contributed by atoms with Crippen molar-refractivity contribution in [2.24, 2.45) is 11.8 Å². The van der Waals surface area contributed by atoms with Crippen LogP contribution >= 0.6 is 0 Å². The molecule has 0 N–H and O–H groups in total. The number of hydrogen-bond donors (Lipinski definition) is 0. The van der Waals surface area contributed by atoms with Crippen molar-refractivity contribution in [1.29, 1.82) is 0 Å². The third-order valence-corrected chi connectivity index (χ3v) is 9.47. The van der Waals surface area contributed by atoms with E-state index < -0.39 is 58.5 Å². The van der Waals surface area contributed by atoms with Crippen molar-refractivity contribution in [2.75, 3.05) is 13.2 Å². The number of benzene rings is 3. The first kappa shape index (κ1) is 38.5. The lowest BCUT2D eigenvalue weighted by Gasteiger charge is -2.37. The van der Waals surface area contributed by atoms with Gasteiger partial charge in [-0.25, -0.2) is 17.6 Å². The van der Waals surface area contributed by atoms with Crippen LogP contribution in [0, 0.1) is 35.1 Å². The van der Waals surface area contributed by atoms with Crippen LogP contribution in [0.2, 0.25) is 0 Å². The van der Waals surface area contributed by atoms with Gasteiger partial charge in [-0.1, -0.05) is 63.3 Å². The molecule has 2 fully saturated rings. The molecule has 0 aromatic heterocycles. The van der Waals surface area contributed by atoms with Crippen LogP contribution in [0.3, 0.4) is 0 Å². The number of hydrogen-bond acceptors (Lipinski definition) is 4. The zero-order chi connectivity index (χ0) is 36.7. The summed E-state index contributed by atoms with van der Waals surface area (Å²) in [5.74, 6) is -9.13. The Morgan fingerprint density at radius 3 is 1.90 bits per heavy atom. The number of unbranched alkanes of at least 4 members (excludes halogenated alkanes) is 4. The molecule has 278 valence electrons. The van der Waals surface area contributed by atoms with E-state index in [-0.39, 0.29) is 29.9 Å². The largest absolute Gasteiger partial charge is 0.432 e. The molecule has 1 saturated carbocycles. The maximum Gasteiger partial charge on any atom is 0.432 e. The Balaban J connectivity index is 1.16. The summed E-state index contributed by atoms with van der Waals surface area (Å²) in [6.07, 6.45) is 3.03. The van der Waals surface area contributed by atoms with Gasteiger partial charge in [0, 0.05) is 24.0 Å². The molecule has 0 amide bonds. The first-order chi connectivity index (χ1) is 24.4. The molecule has 3 aromatic carbocycles. The second kappa shape index (κ2) is 17.2. The molecular formula is C38H39F9O4. The van der Waals surface area contributed by atoms with E-state index >= 15 is 8.78 Å². The normalized spacial score (nSPS) is 21.0. The van der Waals surface area contributed by atoms with Crippen LogP contribution < -0.4 is 9.47 Å². The molecule has 0 radical (unpaired) electrons. The molecule has 51 heavy (non-hydrogen) atoms. The van der Waals surface area contributed by atoms with Gasteiger partial charge in [-0.15, -0.1) is 0 Å². The highest BCUT2D eigenvalue weighted by Crippen LogP contribution is 2.41. The van der Waals surface area contributed by atoms with Gasteiger partial charge in [0.2, 0.25) is 5.75 Å². The third kappa shape index (κ3) is 9.79. The molecule has 0 unspecified atom stereocenters. The van der Waals surface area contributed by atoms with Gasteiger partial charge in [0.25, 0.3) is 0 Å². The fraction of sp³-hybridized carbons (Fsp3) is 0.474. The maximum absolute atomic E-state index is 15.0. The van der Waals surface area contributed by atoms with Crippen LogP contribution in [-0.2, 0) is 15.6 Å². The van der Waals surface area contributed by atoms with Crippen LogP contribution in [0.4, 0.5) is 39.5 Å². The predicted octanol–water partition coefficient (Wildman–Crippen LogP) is 12.1. The Labute approximate surface area is 290 Å². The van der Waals surface area contributed by atoms with Gasteiger partial charge in [-0.2, -0.15) is 22.0 Å². The summed E-state index contributed by atoms with van der Waals surface area (Å²) in [5.41, 5.74) is -0.485. The topological polar surface area (TPSA) is 36.9 Å². The van der Waals surface area contributed by atoms with Crippen molar-refractivity contribution in [3.8, 4) is 22.6 Å². The number of rotatable bonds is 14. The van der Waals surface area contributed by atoms with Crippen molar-refractivity contribution in [3.05, 3.63) is 95.0 Å². The summed E-state index contributed by atoms with van der Waals surface area (Å²) < 4.78 is 146. The average molecular weight is 731 g/mol. The molecule has 13 heteroatoms. The monoisotopic (exact) mass is 730 g/mol. The fourth-order valence-electron chi connectivity index (χ4n) is 6.74. The molecule has 0 bridgehead atoms. The highest BCUT2D eigenvalue weighted by Gasteiger charge is 2.42. The summed E-state index contributed by atoms with van der Waals surface area (Å²) in [6, 6.07) is 5.79. The molecule has 1 aliphatic heterocycles. The van der Waals surface area contributed by atoms with Crippen LogP contribution in [0.5, 0.6) is 11.5 Å². The van der Waals surface area contributed by atoms with Crippen molar-refractivity contribution in [2.45, 2.75) is 89.4 Å². The zero-order valence-corrected chi connectivity index (χ0v) is 27.9. The van der Waals surface area contributed by atoms with E-state index in [2.05, 4.69) is 16.4 Å². The van der Waals surface area contributed by atoms with Gasteiger partial charge < -0.3 is 18.9 Å². The molecule has 3 aromatic rings. The first-order valence-corrected chi connectivity index (χ1v) is 17.1. The summed E-state index contributed by atoms with van der Waals surface area (Å²) in [4.78, 5) is 0. The zero-order valence-electron chi connectivity index (χ0n) is 27.9. The fourth-order valence-corrected chi connectivity index (χ4v) is 6.74. The second-order valence-electron chi connectivity index (χ2n) is 13.1. The van der Waals surface area contributed by atoms with E-state index in [1.807, 2.05) is 12.1 Å². The van der Waals surface area contributed by atoms with E-state index in [9.17, 15) is 30.7 Å². The van der Waals surface area contributed by atoms with Gasteiger partial charge >= 0.3 is 18.2 Å². The van der Waals surface area contributed by atoms with Crippen molar-refractivity contribution in [3.63, 3.8) is 0 Å². The molecular weight excluding hydrogens is 691 g/mol. The Hall–Kier alpha value is -3.71. The van der Waals surface area contributed by atoms with Crippen molar-refractivity contribution >= 4 is 0 Å². The number of halogens is 9. The minimum absolute atomic E-state index is 0.0422.